The first kappa shape index (κ1) is 12.4. The van der Waals surface area contributed by atoms with Gasteiger partial charge in [-0.15, -0.1) is 0 Å². The molecule has 13 heavy (non-hydrogen) atoms. The van der Waals surface area contributed by atoms with Crippen LogP contribution in [0.5, 0.6) is 0 Å². The van der Waals surface area contributed by atoms with E-state index in [-0.39, 0.29) is 0 Å². The minimum atomic E-state index is -0.547. The summed E-state index contributed by atoms with van der Waals surface area (Å²) < 4.78 is 0. The second-order valence-electron chi connectivity index (χ2n) is 3.60. The SMILES string of the molecule is CCCN(CC(N)C(N)=O)C(C)C. The second-order valence-corrected chi connectivity index (χ2v) is 3.60. The van der Waals surface area contributed by atoms with E-state index in [4.69, 9.17) is 11.5 Å². The summed E-state index contributed by atoms with van der Waals surface area (Å²) in [6.07, 6.45) is 1.06. The molecule has 4 N–H and O–H groups in total. The molecule has 1 unspecified atom stereocenters. The van der Waals surface area contributed by atoms with E-state index in [1.165, 1.54) is 0 Å². The molecule has 0 aromatic carbocycles. The molecule has 78 valence electrons. The zero-order valence-corrected chi connectivity index (χ0v) is 8.79. The molecule has 0 aliphatic carbocycles. The normalized spacial score (nSPS) is 13.7. The quantitative estimate of drug-likeness (QED) is 0.611. The molecule has 1 amide bonds. The van der Waals surface area contributed by atoms with E-state index in [2.05, 4.69) is 25.7 Å². The van der Waals surface area contributed by atoms with E-state index in [1.54, 1.807) is 0 Å². The van der Waals surface area contributed by atoms with E-state index >= 15 is 0 Å². The van der Waals surface area contributed by atoms with Crippen LogP contribution in [-0.4, -0.2) is 36.0 Å². The first-order chi connectivity index (χ1) is 5.99. The van der Waals surface area contributed by atoms with Crippen molar-refractivity contribution in [3.05, 3.63) is 0 Å². The Hall–Kier alpha value is -0.610. The van der Waals surface area contributed by atoms with Gasteiger partial charge in [0.2, 0.25) is 5.91 Å². The molecule has 0 saturated heterocycles. The van der Waals surface area contributed by atoms with Gasteiger partial charge >= 0.3 is 0 Å². The third kappa shape index (κ3) is 4.85. The van der Waals surface area contributed by atoms with Gasteiger partial charge in [0.25, 0.3) is 0 Å². The highest BCUT2D eigenvalue weighted by molar-refractivity contribution is 5.79. The lowest BCUT2D eigenvalue weighted by Gasteiger charge is -2.27. The molecule has 0 spiro atoms. The Labute approximate surface area is 80.3 Å². The molecule has 0 radical (unpaired) electrons. The molecule has 0 fully saturated rings. The van der Waals surface area contributed by atoms with Crippen molar-refractivity contribution in [2.45, 2.75) is 39.3 Å². The number of amides is 1. The van der Waals surface area contributed by atoms with Crippen LogP contribution in [0.3, 0.4) is 0 Å². The van der Waals surface area contributed by atoms with Gasteiger partial charge in [-0.3, -0.25) is 9.69 Å². The van der Waals surface area contributed by atoms with Crippen molar-refractivity contribution in [3.63, 3.8) is 0 Å². The molecule has 1 atom stereocenters. The van der Waals surface area contributed by atoms with Crippen molar-refractivity contribution in [1.82, 2.24) is 4.90 Å². The average molecular weight is 187 g/mol. The van der Waals surface area contributed by atoms with Gasteiger partial charge in [0, 0.05) is 12.6 Å². The van der Waals surface area contributed by atoms with Gasteiger partial charge in [-0.2, -0.15) is 0 Å². The number of hydrogen-bond acceptors (Lipinski definition) is 3. The summed E-state index contributed by atoms with van der Waals surface area (Å²) >= 11 is 0. The molecule has 0 aliphatic heterocycles. The van der Waals surface area contributed by atoms with Gasteiger partial charge < -0.3 is 11.5 Å². The van der Waals surface area contributed by atoms with Crippen LogP contribution in [0.2, 0.25) is 0 Å². The number of carbonyl (C=O) groups excluding carboxylic acids is 1. The summed E-state index contributed by atoms with van der Waals surface area (Å²) in [5.41, 5.74) is 10.7. The standard InChI is InChI=1S/C9H21N3O/c1-4-5-12(7(2)3)6-8(10)9(11)13/h7-8H,4-6,10H2,1-3H3,(H2,11,13). The van der Waals surface area contributed by atoms with E-state index in [1.807, 2.05) is 0 Å². The Morgan fingerprint density at radius 3 is 2.31 bits per heavy atom. The summed E-state index contributed by atoms with van der Waals surface area (Å²) in [5.74, 6) is -0.429. The van der Waals surface area contributed by atoms with Gasteiger partial charge in [-0.25, -0.2) is 0 Å². The van der Waals surface area contributed by atoms with Gasteiger partial charge in [0.05, 0.1) is 6.04 Å². The van der Waals surface area contributed by atoms with Crippen molar-refractivity contribution >= 4 is 5.91 Å². The number of nitrogens with zero attached hydrogens (tertiary/aromatic N) is 1. The molecule has 0 aliphatic rings. The van der Waals surface area contributed by atoms with Gasteiger partial charge in [-0.05, 0) is 26.8 Å². The van der Waals surface area contributed by atoms with E-state index < -0.39 is 11.9 Å². The summed E-state index contributed by atoms with van der Waals surface area (Å²) in [5, 5.41) is 0. The number of hydrogen-bond donors (Lipinski definition) is 2. The molecular weight excluding hydrogens is 166 g/mol. The lowest BCUT2D eigenvalue weighted by molar-refractivity contribution is -0.119. The third-order valence-corrected chi connectivity index (χ3v) is 2.04. The summed E-state index contributed by atoms with van der Waals surface area (Å²) in [7, 11) is 0. The zero-order chi connectivity index (χ0) is 10.4. The number of primary amides is 1. The molecule has 0 aromatic rings. The largest absolute Gasteiger partial charge is 0.368 e. The molecule has 0 rings (SSSR count). The van der Waals surface area contributed by atoms with Crippen molar-refractivity contribution in [1.29, 1.82) is 0 Å². The Kier molecular flexibility index (Phi) is 5.66. The van der Waals surface area contributed by atoms with Crippen molar-refractivity contribution < 1.29 is 4.79 Å². The fourth-order valence-electron chi connectivity index (χ4n) is 1.19. The first-order valence-corrected chi connectivity index (χ1v) is 4.78. The predicted octanol–water partition coefficient (Wildman–Crippen LogP) is -0.0806. The van der Waals surface area contributed by atoms with Crippen LogP contribution in [0.1, 0.15) is 27.2 Å². The molecule has 4 heteroatoms. The van der Waals surface area contributed by atoms with Crippen LogP contribution in [0.25, 0.3) is 0 Å². The lowest BCUT2D eigenvalue weighted by Crippen LogP contribution is -2.48. The molecule has 0 saturated carbocycles. The van der Waals surface area contributed by atoms with E-state index in [0.717, 1.165) is 13.0 Å². The Morgan fingerprint density at radius 1 is 1.46 bits per heavy atom. The Balaban J connectivity index is 4.01. The first-order valence-electron chi connectivity index (χ1n) is 4.78. The fraction of sp³-hybridized carbons (Fsp3) is 0.889. The highest BCUT2D eigenvalue weighted by Crippen LogP contribution is 2.00. The maximum atomic E-state index is 10.7. The van der Waals surface area contributed by atoms with Crippen molar-refractivity contribution in [2.24, 2.45) is 11.5 Å². The summed E-state index contributed by atoms with van der Waals surface area (Å²) in [4.78, 5) is 12.9. The van der Waals surface area contributed by atoms with Crippen LogP contribution in [0.4, 0.5) is 0 Å². The van der Waals surface area contributed by atoms with Gasteiger partial charge in [-0.1, -0.05) is 6.92 Å². The zero-order valence-electron chi connectivity index (χ0n) is 8.79. The van der Waals surface area contributed by atoms with Gasteiger partial charge in [0.1, 0.15) is 0 Å². The van der Waals surface area contributed by atoms with Crippen molar-refractivity contribution in [3.8, 4) is 0 Å². The van der Waals surface area contributed by atoms with Crippen LogP contribution in [-0.2, 0) is 4.79 Å². The lowest BCUT2D eigenvalue weighted by atomic mass is 10.2. The average Bonchev–Trinajstić information content (AvgIpc) is 2.03. The van der Waals surface area contributed by atoms with Crippen LogP contribution in [0, 0.1) is 0 Å². The Bertz CT molecular complexity index is 159. The van der Waals surface area contributed by atoms with E-state index in [9.17, 15) is 4.79 Å². The minimum Gasteiger partial charge on any atom is -0.368 e. The molecular formula is C9H21N3O. The number of nitrogens with two attached hydrogens (primary N) is 2. The highest BCUT2D eigenvalue weighted by atomic mass is 16.1. The second kappa shape index (κ2) is 5.94. The molecule has 0 heterocycles. The summed E-state index contributed by atoms with van der Waals surface area (Å²) in [6, 6.07) is -0.140. The highest BCUT2D eigenvalue weighted by Gasteiger charge is 2.16. The van der Waals surface area contributed by atoms with Crippen LogP contribution in [0.15, 0.2) is 0 Å². The smallest absolute Gasteiger partial charge is 0.235 e. The monoisotopic (exact) mass is 187 g/mol. The fourth-order valence-corrected chi connectivity index (χ4v) is 1.19. The predicted molar refractivity (Wildman–Crippen MR) is 54.2 cm³/mol. The number of rotatable bonds is 6. The number of carbonyl (C=O) groups is 1. The van der Waals surface area contributed by atoms with Crippen LogP contribution < -0.4 is 11.5 Å². The maximum absolute atomic E-state index is 10.7. The van der Waals surface area contributed by atoms with Crippen molar-refractivity contribution in [2.75, 3.05) is 13.1 Å². The molecule has 0 aromatic heterocycles. The van der Waals surface area contributed by atoms with Crippen LogP contribution >= 0.6 is 0 Å². The van der Waals surface area contributed by atoms with Gasteiger partial charge in [0.15, 0.2) is 0 Å². The molecule has 4 nitrogen and oxygen atoms in total. The minimum absolute atomic E-state index is 0.408. The topological polar surface area (TPSA) is 72.3 Å². The molecule has 0 bridgehead atoms. The summed E-state index contributed by atoms with van der Waals surface area (Å²) in [6.45, 7) is 7.79. The van der Waals surface area contributed by atoms with E-state index in [0.29, 0.717) is 12.6 Å². The Morgan fingerprint density at radius 2 is 2.00 bits per heavy atom. The third-order valence-electron chi connectivity index (χ3n) is 2.04. The maximum Gasteiger partial charge on any atom is 0.235 e.